The van der Waals surface area contributed by atoms with Crippen molar-refractivity contribution < 1.29 is 4.74 Å². The number of pyridine rings is 2. The van der Waals surface area contributed by atoms with E-state index in [1.165, 1.54) is 0 Å². The maximum absolute atomic E-state index is 5.23. The van der Waals surface area contributed by atoms with Gasteiger partial charge >= 0.3 is 0 Å². The van der Waals surface area contributed by atoms with Crippen molar-refractivity contribution in [3.8, 4) is 5.75 Å². The number of rotatable bonds is 3. The van der Waals surface area contributed by atoms with Crippen LogP contribution in [-0.4, -0.2) is 22.1 Å². The van der Waals surface area contributed by atoms with Crippen LogP contribution >= 0.6 is 0 Å². The van der Waals surface area contributed by atoms with E-state index in [9.17, 15) is 0 Å². The highest BCUT2D eigenvalue weighted by atomic mass is 16.5. The molecule has 2 aromatic carbocycles. The summed E-state index contributed by atoms with van der Waals surface area (Å²) < 4.78 is 5.23. The Labute approximate surface area is 149 Å². The second-order valence-corrected chi connectivity index (χ2v) is 6.13. The molecule has 5 rings (SSSR count). The molecule has 0 saturated carbocycles. The summed E-state index contributed by atoms with van der Waals surface area (Å²) in [6.07, 6.45) is 3.68. The van der Waals surface area contributed by atoms with Crippen molar-refractivity contribution in [2.75, 3.05) is 12.4 Å². The molecule has 5 heteroatoms. The van der Waals surface area contributed by atoms with Crippen LogP contribution in [-0.2, 0) is 0 Å². The summed E-state index contributed by atoms with van der Waals surface area (Å²) in [6.45, 7) is 0. The molecule has 0 saturated heterocycles. The normalized spacial score (nSPS) is 11.3. The lowest BCUT2D eigenvalue weighted by atomic mass is 10.1. The molecule has 26 heavy (non-hydrogen) atoms. The van der Waals surface area contributed by atoms with Gasteiger partial charge in [0.05, 0.1) is 12.6 Å². The smallest absolute Gasteiger partial charge is 0.141 e. The van der Waals surface area contributed by atoms with Crippen molar-refractivity contribution in [3.05, 3.63) is 67.0 Å². The van der Waals surface area contributed by atoms with E-state index in [2.05, 4.69) is 27.4 Å². The predicted octanol–water partition coefficient (Wildman–Crippen LogP) is 5.02. The highest BCUT2D eigenvalue weighted by molar-refractivity contribution is 6.20. The van der Waals surface area contributed by atoms with Gasteiger partial charge in [-0.1, -0.05) is 24.3 Å². The van der Waals surface area contributed by atoms with Gasteiger partial charge in [0.2, 0.25) is 0 Å². The van der Waals surface area contributed by atoms with E-state index in [0.717, 1.165) is 50.0 Å². The summed E-state index contributed by atoms with van der Waals surface area (Å²) in [5, 5.41) is 7.83. The average molecular weight is 340 g/mol. The van der Waals surface area contributed by atoms with E-state index in [4.69, 9.17) is 9.72 Å². The van der Waals surface area contributed by atoms with Crippen LogP contribution in [0.4, 0.5) is 11.5 Å². The Morgan fingerprint density at radius 3 is 2.54 bits per heavy atom. The largest absolute Gasteiger partial charge is 0.497 e. The summed E-state index contributed by atoms with van der Waals surface area (Å²) in [6, 6.07) is 18.1. The van der Waals surface area contributed by atoms with Crippen molar-refractivity contribution in [2.45, 2.75) is 0 Å². The van der Waals surface area contributed by atoms with Gasteiger partial charge in [-0.3, -0.25) is 4.98 Å². The van der Waals surface area contributed by atoms with Gasteiger partial charge in [0.15, 0.2) is 0 Å². The number of nitrogens with zero attached hydrogens (tertiary/aromatic N) is 2. The van der Waals surface area contributed by atoms with Gasteiger partial charge < -0.3 is 15.0 Å². The molecule has 5 aromatic rings. The third-order valence-electron chi connectivity index (χ3n) is 4.61. The summed E-state index contributed by atoms with van der Waals surface area (Å²) in [4.78, 5) is 12.5. The van der Waals surface area contributed by atoms with Gasteiger partial charge in [0.1, 0.15) is 17.2 Å². The molecule has 0 aliphatic carbocycles. The Morgan fingerprint density at radius 2 is 1.73 bits per heavy atom. The van der Waals surface area contributed by atoms with Gasteiger partial charge in [-0.25, -0.2) is 4.98 Å². The zero-order valence-electron chi connectivity index (χ0n) is 14.2. The first-order valence-corrected chi connectivity index (χ1v) is 8.39. The Hall–Kier alpha value is -3.60. The topological polar surface area (TPSA) is 62.8 Å². The summed E-state index contributed by atoms with van der Waals surface area (Å²) in [7, 11) is 1.66. The third kappa shape index (κ3) is 2.25. The molecule has 0 bridgehead atoms. The first kappa shape index (κ1) is 14.7. The maximum atomic E-state index is 5.23. The minimum absolute atomic E-state index is 0.817. The standard InChI is InChI=1S/C21H16N4O/c1-26-14-8-6-13(7-9-14)23-20-16-5-3-2-4-15(16)19-17-12-22-11-10-18(17)24-21(19)25-20/h2-12H,1H3,(H2,23,24,25). The predicted molar refractivity (Wildman–Crippen MR) is 105 cm³/mol. The van der Waals surface area contributed by atoms with Crippen LogP contribution in [0.15, 0.2) is 67.0 Å². The molecule has 0 aliphatic heterocycles. The zero-order chi connectivity index (χ0) is 17.5. The van der Waals surface area contributed by atoms with Crippen LogP contribution in [0.25, 0.3) is 32.7 Å². The van der Waals surface area contributed by atoms with E-state index in [1.54, 1.807) is 13.3 Å². The summed E-state index contributed by atoms with van der Waals surface area (Å²) in [5.41, 5.74) is 2.84. The van der Waals surface area contributed by atoms with Crippen LogP contribution in [0, 0.1) is 0 Å². The molecular weight excluding hydrogens is 324 g/mol. The van der Waals surface area contributed by atoms with Crippen molar-refractivity contribution in [2.24, 2.45) is 0 Å². The van der Waals surface area contributed by atoms with Crippen molar-refractivity contribution >= 4 is 44.2 Å². The van der Waals surface area contributed by atoms with Gasteiger partial charge in [-0.2, -0.15) is 0 Å². The molecule has 0 amide bonds. The molecule has 2 N–H and O–H groups in total. The van der Waals surface area contributed by atoms with E-state index in [0.29, 0.717) is 0 Å². The maximum Gasteiger partial charge on any atom is 0.141 e. The SMILES string of the molecule is COc1ccc(Nc2nc3[nH]c4ccncc4c3c3ccccc23)cc1. The number of hydrogen-bond donors (Lipinski definition) is 2. The Morgan fingerprint density at radius 1 is 0.923 bits per heavy atom. The molecule has 3 aromatic heterocycles. The highest BCUT2D eigenvalue weighted by Gasteiger charge is 2.13. The van der Waals surface area contributed by atoms with Crippen LogP contribution in [0.1, 0.15) is 0 Å². The quantitative estimate of drug-likeness (QED) is 0.484. The molecule has 0 spiro atoms. The van der Waals surface area contributed by atoms with Crippen LogP contribution in [0.2, 0.25) is 0 Å². The molecule has 3 heterocycles. The minimum Gasteiger partial charge on any atom is -0.497 e. The van der Waals surface area contributed by atoms with Gasteiger partial charge in [-0.05, 0) is 35.7 Å². The highest BCUT2D eigenvalue weighted by Crippen LogP contribution is 2.35. The van der Waals surface area contributed by atoms with Crippen molar-refractivity contribution in [3.63, 3.8) is 0 Å². The van der Waals surface area contributed by atoms with Gasteiger partial charge in [0.25, 0.3) is 0 Å². The monoisotopic (exact) mass is 340 g/mol. The van der Waals surface area contributed by atoms with E-state index in [1.807, 2.05) is 48.7 Å². The van der Waals surface area contributed by atoms with Gasteiger partial charge in [-0.15, -0.1) is 0 Å². The fraction of sp³-hybridized carbons (Fsp3) is 0.0476. The van der Waals surface area contributed by atoms with Gasteiger partial charge in [0, 0.05) is 34.2 Å². The Balaban J connectivity index is 1.74. The third-order valence-corrected chi connectivity index (χ3v) is 4.61. The molecule has 0 aliphatic rings. The minimum atomic E-state index is 0.817. The second-order valence-electron chi connectivity index (χ2n) is 6.13. The lowest BCUT2D eigenvalue weighted by Crippen LogP contribution is -1.96. The van der Waals surface area contributed by atoms with E-state index >= 15 is 0 Å². The number of fused-ring (bicyclic) bond motifs is 5. The molecule has 126 valence electrons. The number of hydrogen-bond acceptors (Lipinski definition) is 4. The molecular formula is C21H16N4O. The van der Waals surface area contributed by atoms with Crippen molar-refractivity contribution in [1.82, 2.24) is 15.0 Å². The van der Waals surface area contributed by atoms with Crippen LogP contribution in [0.3, 0.4) is 0 Å². The number of H-pyrrole nitrogens is 1. The van der Waals surface area contributed by atoms with E-state index < -0.39 is 0 Å². The van der Waals surface area contributed by atoms with Crippen molar-refractivity contribution in [1.29, 1.82) is 0 Å². The number of nitrogens with one attached hydrogen (secondary N) is 2. The molecule has 0 fully saturated rings. The molecule has 0 unspecified atom stereocenters. The first-order valence-electron chi connectivity index (χ1n) is 8.39. The number of benzene rings is 2. The number of methoxy groups -OCH3 is 1. The average Bonchev–Trinajstić information content (AvgIpc) is 3.07. The molecule has 5 nitrogen and oxygen atoms in total. The summed E-state index contributed by atoms with van der Waals surface area (Å²) in [5.74, 6) is 1.64. The number of aromatic nitrogens is 3. The number of anilines is 2. The zero-order valence-corrected chi connectivity index (χ0v) is 14.2. The fourth-order valence-corrected chi connectivity index (χ4v) is 3.36. The lowest BCUT2D eigenvalue weighted by Gasteiger charge is -2.10. The van der Waals surface area contributed by atoms with E-state index in [-0.39, 0.29) is 0 Å². The molecule has 0 atom stereocenters. The first-order chi connectivity index (χ1) is 12.8. The Kier molecular flexibility index (Phi) is 3.25. The summed E-state index contributed by atoms with van der Waals surface area (Å²) >= 11 is 0. The number of aromatic amines is 1. The van der Waals surface area contributed by atoms with Crippen LogP contribution < -0.4 is 10.1 Å². The molecule has 0 radical (unpaired) electrons. The number of ether oxygens (including phenoxy) is 1. The second kappa shape index (κ2) is 5.74. The van der Waals surface area contributed by atoms with Crippen LogP contribution in [0.5, 0.6) is 5.75 Å². The Bertz CT molecular complexity index is 1240. The lowest BCUT2D eigenvalue weighted by molar-refractivity contribution is 0.415. The fourth-order valence-electron chi connectivity index (χ4n) is 3.36.